The van der Waals surface area contributed by atoms with E-state index in [1.165, 1.54) is 11.8 Å². The standard InChI is InChI=1S/C15H23NO3S/c1-20(18,19)16-10-7-14(8-11-16)15(9-12-17)13-5-3-2-4-6-13/h2-6,14-15,17H,7-12H2,1H3/t15-/m0/s1. The molecule has 1 aliphatic rings. The summed E-state index contributed by atoms with van der Waals surface area (Å²) in [5, 5.41) is 9.30. The Bertz CT molecular complexity index is 507. The molecule has 0 unspecified atom stereocenters. The van der Waals surface area contributed by atoms with Crippen LogP contribution in [0.5, 0.6) is 0 Å². The molecule has 0 aromatic heterocycles. The highest BCUT2D eigenvalue weighted by atomic mass is 32.2. The van der Waals surface area contributed by atoms with Crippen molar-refractivity contribution in [3.05, 3.63) is 35.9 Å². The minimum absolute atomic E-state index is 0.172. The zero-order valence-corrected chi connectivity index (χ0v) is 12.7. The molecule has 1 fully saturated rings. The Balaban J connectivity index is 2.06. The lowest BCUT2D eigenvalue weighted by molar-refractivity contribution is 0.207. The zero-order chi connectivity index (χ0) is 14.6. The lowest BCUT2D eigenvalue weighted by Crippen LogP contribution is -2.39. The molecule has 112 valence electrons. The monoisotopic (exact) mass is 297 g/mol. The highest BCUT2D eigenvalue weighted by Gasteiger charge is 2.30. The van der Waals surface area contributed by atoms with Gasteiger partial charge in [0.15, 0.2) is 0 Å². The van der Waals surface area contributed by atoms with Crippen molar-refractivity contribution in [2.24, 2.45) is 5.92 Å². The van der Waals surface area contributed by atoms with Crippen molar-refractivity contribution in [3.63, 3.8) is 0 Å². The van der Waals surface area contributed by atoms with Gasteiger partial charge in [-0.2, -0.15) is 0 Å². The molecule has 4 nitrogen and oxygen atoms in total. The van der Waals surface area contributed by atoms with Crippen molar-refractivity contribution in [3.8, 4) is 0 Å². The topological polar surface area (TPSA) is 57.6 Å². The molecule has 0 saturated carbocycles. The fourth-order valence-corrected chi connectivity index (χ4v) is 4.00. The SMILES string of the molecule is CS(=O)(=O)N1CCC([C@@H](CCO)c2ccccc2)CC1. The third-order valence-electron chi connectivity index (χ3n) is 4.20. The van der Waals surface area contributed by atoms with E-state index in [1.54, 1.807) is 4.31 Å². The highest BCUT2D eigenvalue weighted by molar-refractivity contribution is 7.88. The number of piperidine rings is 1. The molecule has 1 N–H and O–H groups in total. The predicted molar refractivity (Wildman–Crippen MR) is 80.0 cm³/mol. The number of rotatable bonds is 5. The maximum atomic E-state index is 11.5. The normalized spacial score (nSPS) is 19.9. The summed E-state index contributed by atoms with van der Waals surface area (Å²) in [6, 6.07) is 10.2. The van der Waals surface area contributed by atoms with Crippen molar-refractivity contribution in [1.82, 2.24) is 4.31 Å². The van der Waals surface area contributed by atoms with E-state index in [4.69, 9.17) is 0 Å². The largest absolute Gasteiger partial charge is 0.396 e. The van der Waals surface area contributed by atoms with Crippen molar-refractivity contribution in [2.45, 2.75) is 25.2 Å². The number of sulfonamides is 1. The van der Waals surface area contributed by atoms with Crippen molar-refractivity contribution in [2.75, 3.05) is 26.0 Å². The molecule has 5 heteroatoms. The second kappa shape index (κ2) is 6.70. The number of benzene rings is 1. The molecule has 0 amide bonds. The fraction of sp³-hybridized carbons (Fsp3) is 0.600. The van der Waals surface area contributed by atoms with E-state index in [0.29, 0.717) is 24.9 Å². The van der Waals surface area contributed by atoms with E-state index < -0.39 is 10.0 Å². The van der Waals surface area contributed by atoms with Crippen LogP contribution in [0.1, 0.15) is 30.7 Å². The first-order valence-electron chi connectivity index (χ1n) is 7.13. The van der Waals surface area contributed by atoms with Gasteiger partial charge in [0.25, 0.3) is 0 Å². The summed E-state index contributed by atoms with van der Waals surface area (Å²) >= 11 is 0. The maximum Gasteiger partial charge on any atom is 0.211 e. The van der Waals surface area contributed by atoms with E-state index in [-0.39, 0.29) is 6.61 Å². The predicted octanol–water partition coefficient (Wildman–Crippen LogP) is 1.82. The van der Waals surface area contributed by atoms with Crippen LogP contribution in [0.25, 0.3) is 0 Å². The van der Waals surface area contributed by atoms with Crippen molar-refractivity contribution < 1.29 is 13.5 Å². The summed E-state index contributed by atoms with van der Waals surface area (Å²) in [5.41, 5.74) is 1.25. The van der Waals surface area contributed by atoms with Crippen molar-refractivity contribution in [1.29, 1.82) is 0 Å². The first-order valence-corrected chi connectivity index (χ1v) is 8.98. The van der Waals surface area contributed by atoms with Gasteiger partial charge in [-0.15, -0.1) is 0 Å². The Morgan fingerprint density at radius 1 is 1.25 bits per heavy atom. The maximum absolute atomic E-state index is 11.5. The third-order valence-corrected chi connectivity index (χ3v) is 5.51. The number of nitrogens with zero attached hydrogens (tertiary/aromatic N) is 1. The van der Waals surface area contributed by atoms with Gasteiger partial charge in [-0.3, -0.25) is 0 Å². The van der Waals surface area contributed by atoms with Gasteiger partial charge < -0.3 is 5.11 Å². The summed E-state index contributed by atoms with van der Waals surface area (Å²) < 4.78 is 24.6. The van der Waals surface area contributed by atoms with Crippen LogP contribution in [0.15, 0.2) is 30.3 Å². The number of hydrogen-bond acceptors (Lipinski definition) is 3. The van der Waals surface area contributed by atoms with E-state index in [2.05, 4.69) is 12.1 Å². The van der Waals surface area contributed by atoms with Gasteiger partial charge >= 0.3 is 0 Å². The van der Waals surface area contributed by atoms with Crippen LogP contribution in [0.2, 0.25) is 0 Å². The van der Waals surface area contributed by atoms with Gasteiger partial charge in [0.2, 0.25) is 10.0 Å². The first kappa shape index (κ1) is 15.5. The quantitative estimate of drug-likeness (QED) is 0.902. The van der Waals surface area contributed by atoms with Crippen LogP contribution < -0.4 is 0 Å². The molecule has 1 aromatic carbocycles. The molecule has 1 atom stereocenters. The number of aliphatic hydroxyl groups excluding tert-OH is 1. The molecule has 1 aromatic rings. The molecule has 0 aliphatic carbocycles. The minimum Gasteiger partial charge on any atom is -0.396 e. The third kappa shape index (κ3) is 3.81. The Morgan fingerprint density at radius 2 is 1.85 bits per heavy atom. The number of hydrogen-bond donors (Lipinski definition) is 1. The highest BCUT2D eigenvalue weighted by Crippen LogP contribution is 2.35. The van der Waals surface area contributed by atoms with E-state index in [9.17, 15) is 13.5 Å². The second-order valence-electron chi connectivity index (χ2n) is 5.53. The smallest absolute Gasteiger partial charge is 0.211 e. The van der Waals surface area contributed by atoms with Crippen LogP contribution in [-0.4, -0.2) is 43.8 Å². The molecule has 1 saturated heterocycles. The van der Waals surface area contributed by atoms with Crippen LogP contribution in [0, 0.1) is 5.92 Å². The first-order chi connectivity index (χ1) is 9.52. The van der Waals surface area contributed by atoms with Gasteiger partial charge in [-0.1, -0.05) is 30.3 Å². The fourth-order valence-electron chi connectivity index (χ4n) is 3.12. The summed E-state index contributed by atoms with van der Waals surface area (Å²) in [6.45, 7) is 1.36. The Morgan fingerprint density at radius 3 is 2.35 bits per heavy atom. The second-order valence-corrected chi connectivity index (χ2v) is 7.51. The molecule has 20 heavy (non-hydrogen) atoms. The van der Waals surface area contributed by atoms with Crippen molar-refractivity contribution >= 4 is 10.0 Å². The molecule has 0 bridgehead atoms. The lowest BCUT2D eigenvalue weighted by Gasteiger charge is -2.35. The van der Waals surface area contributed by atoms with Gasteiger partial charge in [0.1, 0.15) is 0 Å². The summed E-state index contributed by atoms with van der Waals surface area (Å²) in [4.78, 5) is 0. The molecule has 0 spiro atoms. The molecular formula is C15H23NO3S. The molecule has 2 rings (SSSR count). The van der Waals surface area contributed by atoms with Gasteiger partial charge in [-0.05, 0) is 36.7 Å². The molecule has 1 aliphatic heterocycles. The zero-order valence-electron chi connectivity index (χ0n) is 11.9. The summed E-state index contributed by atoms with van der Waals surface area (Å²) in [7, 11) is -3.07. The minimum atomic E-state index is -3.07. The van der Waals surface area contributed by atoms with E-state index >= 15 is 0 Å². The Hall–Kier alpha value is -0.910. The van der Waals surface area contributed by atoms with E-state index in [1.807, 2.05) is 18.2 Å². The van der Waals surface area contributed by atoms with E-state index in [0.717, 1.165) is 19.3 Å². The van der Waals surface area contributed by atoms with Crippen LogP contribution in [-0.2, 0) is 10.0 Å². The van der Waals surface area contributed by atoms with Crippen LogP contribution in [0.3, 0.4) is 0 Å². The lowest BCUT2D eigenvalue weighted by atomic mass is 9.79. The Kier molecular flexibility index (Phi) is 5.18. The Labute approximate surface area is 121 Å². The molecule has 1 heterocycles. The average molecular weight is 297 g/mol. The van der Waals surface area contributed by atoms with Crippen LogP contribution in [0.4, 0.5) is 0 Å². The molecule has 0 radical (unpaired) electrons. The van der Waals surface area contributed by atoms with Crippen LogP contribution >= 0.6 is 0 Å². The number of aliphatic hydroxyl groups is 1. The van der Waals surface area contributed by atoms with Gasteiger partial charge in [-0.25, -0.2) is 12.7 Å². The van der Waals surface area contributed by atoms with Gasteiger partial charge in [0.05, 0.1) is 6.26 Å². The van der Waals surface area contributed by atoms with Gasteiger partial charge in [0, 0.05) is 19.7 Å². The molecular weight excluding hydrogens is 274 g/mol. The summed E-state index contributed by atoms with van der Waals surface area (Å²) in [6.07, 6.45) is 3.75. The average Bonchev–Trinajstić information content (AvgIpc) is 2.45. The summed E-state index contributed by atoms with van der Waals surface area (Å²) in [5.74, 6) is 0.769.